The summed E-state index contributed by atoms with van der Waals surface area (Å²) >= 11 is 0. The van der Waals surface area contributed by atoms with Gasteiger partial charge in [0.2, 0.25) is 0 Å². The third-order valence-corrected chi connectivity index (χ3v) is 3.69. The van der Waals surface area contributed by atoms with Crippen molar-refractivity contribution in [3.8, 4) is 0 Å². The van der Waals surface area contributed by atoms with Gasteiger partial charge in [0.05, 0.1) is 0 Å². The summed E-state index contributed by atoms with van der Waals surface area (Å²) in [6, 6.07) is 4.17. The molecule has 1 atom stereocenters. The second-order valence-electron chi connectivity index (χ2n) is 4.81. The van der Waals surface area contributed by atoms with Crippen LogP contribution in [0.4, 0.5) is 0 Å². The van der Waals surface area contributed by atoms with Crippen LogP contribution >= 0.6 is 0 Å². The first-order valence-electron chi connectivity index (χ1n) is 6.09. The van der Waals surface area contributed by atoms with Crippen LogP contribution in [0.2, 0.25) is 0 Å². The van der Waals surface area contributed by atoms with Crippen LogP contribution < -0.4 is 5.32 Å². The van der Waals surface area contributed by atoms with Gasteiger partial charge in [0.25, 0.3) is 0 Å². The SMILES string of the molecule is CCC1(C)CNCCN1Cc1cccnc1. The first-order chi connectivity index (χ1) is 7.74. The smallest absolute Gasteiger partial charge is 0.0312 e. The maximum absolute atomic E-state index is 4.18. The minimum atomic E-state index is 0.286. The lowest BCUT2D eigenvalue weighted by Crippen LogP contribution is -2.58. The molecule has 2 rings (SSSR count). The van der Waals surface area contributed by atoms with Gasteiger partial charge in [0.15, 0.2) is 0 Å². The van der Waals surface area contributed by atoms with E-state index in [4.69, 9.17) is 0 Å². The largest absolute Gasteiger partial charge is 0.314 e. The predicted molar refractivity (Wildman–Crippen MR) is 66.2 cm³/mol. The maximum atomic E-state index is 4.18. The Bertz CT molecular complexity index is 325. The first kappa shape index (κ1) is 11.6. The van der Waals surface area contributed by atoms with Crippen molar-refractivity contribution < 1.29 is 0 Å². The fraction of sp³-hybridized carbons (Fsp3) is 0.615. The van der Waals surface area contributed by atoms with E-state index in [-0.39, 0.29) is 5.54 Å². The molecule has 0 spiro atoms. The first-order valence-corrected chi connectivity index (χ1v) is 6.09. The van der Waals surface area contributed by atoms with E-state index in [1.165, 1.54) is 12.0 Å². The van der Waals surface area contributed by atoms with E-state index in [1.54, 1.807) is 0 Å². The van der Waals surface area contributed by atoms with E-state index in [9.17, 15) is 0 Å². The Morgan fingerprint density at radius 1 is 1.56 bits per heavy atom. The van der Waals surface area contributed by atoms with Crippen molar-refractivity contribution in [3.63, 3.8) is 0 Å². The normalized spacial score (nSPS) is 26.9. The summed E-state index contributed by atoms with van der Waals surface area (Å²) in [6.45, 7) is 8.93. The van der Waals surface area contributed by atoms with Gasteiger partial charge in [-0.1, -0.05) is 13.0 Å². The van der Waals surface area contributed by atoms with Gasteiger partial charge in [-0.3, -0.25) is 9.88 Å². The van der Waals surface area contributed by atoms with E-state index < -0.39 is 0 Å². The van der Waals surface area contributed by atoms with Gasteiger partial charge in [-0.2, -0.15) is 0 Å². The van der Waals surface area contributed by atoms with E-state index in [1.807, 2.05) is 18.5 Å². The van der Waals surface area contributed by atoms with Crippen molar-refractivity contribution in [3.05, 3.63) is 30.1 Å². The summed E-state index contributed by atoms with van der Waals surface area (Å²) in [7, 11) is 0. The number of aromatic nitrogens is 1. The molecule has 16 heavy (non-hydrogen) atoms. The van der Waals surface area contributed by atoms with Crippen LogP contribution in [0.1, 0.15) is 25.8 Å². The Morgan fingerprint density at radius 3 is 3.12 bits per heavy atom. The fourth-order valence-corrected chi connectivity index (χ4v) is 2.28. The number of nitrogens with one attached hydrogen (secondary N) is 1. The molecule has 1 unspecified atom stereocenters. The average Bonchev–Trinajstić information content (AvgIpc) is 2.34. The number of hydrogen-bond acceptors (Lipinski definition) is 3. The van der Waals surface area contributed by atoms with Crippen LogP contribution in [0.3, 0.4) is 0 Å². The van der Waals surface area contributed by atoms with Crippen molar-refractivity contribution in [2.45, 2.75) is 32.4 Å². The highest BCUT2D eigenvalue weighted by Gasteiger charge is 2.32. The molecule has 1 saturated heterocycles. The van der Waals surface area contributed by atoms with Crippen molar-refractivity contribution in [1.82, 2.24) is 15.2 Å². The zero-order chi connectivity index (χ0) is 11.4. The lowest BCUT2D eigenvalue weighted by molar-refractivity contribution is 0.0637. The molecular formula is C13H21N3. The number of pyridine rings is 1. The molecular weight excluding hydrogens is 198 g/mol. The Labute approximate surface area is 97.9 Å². The molecule has 1 N–H and O–H groups in total. The van der Waals surface area contributed by atoms with Gasteiger partial charge in [-0.15, -0.1) is 0 Å². The van der Waals surface area contributed by atoms with Gasteiger partial charge in [0, 0.05) is 44.1 Å². The summed E-state index contributed by atoms with van der Waals surface area (Å²) in [6.07, 6.45) is 4.98. The summed E-state index contributed by atoms with van der Waals surface area (Å²) < 4.78 is 0. The lowest BCUT2D eigenvalue weighted by atomic mass is 9.93. The lowest BCUT2D eigenvalue weighted by Gasteiger charge is -2.45. The zero-order valence-corrected chi connectivity index (χ0v) is 10.2. The van der Waals surface area contributed by atoms with Crippen LogP contribution in [0.5, 0.6) is 0 Å². The molecule has 0 saturated carbocycles. The summed E-state index contributed by atoms with van der Waals surface area (Å²) in [5.41, 5.74) is 1.60. The van der Waals surface area contributed by atoms with Gasteiger partial charge in [-0.05, 0) is 25.0 Å². The van der Waals surface area contributed by atoms with E-state index in [0.29, 0.717) is 0 Å². The molecule has 1 aliphatic heterocycles. The number of nitrogens with zero attached hydrogens (tertiary/aromatic N) is 2. The monoisotopic (exact) mass is 219 g/mol. The van der Waals surface area contributed by atoms with Crippen LogP contribution in [-0.2, 0) is 6.54 Å². The topological polar surface area (TPSA) is 28.2 Å². The fourth-order valence-electron chi connectivity index (χ4n) is 2.28. The van der Waals surface area contributed by atoms with Gasteiger partial charge >= 0.3 is 0 Å². The molecule has 1 aliphatic rings. The number of hydrogen-bond donors (Lipinski definition) is 1. The zero-order valence-electron chi connectivity index (χ0n) is 10.2. The van der Waals surface area contributed by atoms with E-state index in [0.717, 1.165) is 26.2 Å². The third kappa shape index (κ3) is 2.42. The van der Waals surface area contributed by atoms with Crippen molar-refractivity contribution in [2.24, 2.45) is 0 Å². The van der Waals surface area contributed by atoms with Crippen molar-refractivity contribution >= 4 is 0 Å². The quantitative estimate of drug-likeness (QED) is 0.838. The van der Waals surface area contributed by atoms with Crippen LogP contribution in [0.15, 0.2) is 24.5 Å². The maximum Gasteiger partial charge on any atom is 0.0312 e. The standard InChI is InChI=1S/C13H21N3/c1-3-13(2)11-15-7-8-16(13)10-12-5-4-6-14-9-12/h4-6,9,15H,3,7-8,10-11H2,1-2H3. The Hall–Kier alpha value is -0.930. The van der Waals surface area contributed by atoms with Crippen LogP contribution in [-0.4, -0.2) is 35.1 Å². The molecule has 1 aromatic rings. The average molecular weight is 219 g/mol. The predicted octanol–water partition coefficient (Wildman–Crippen LogP) is 1.66. The second kappa shape index (κ2) is 4.93. The number of rotatable bonds is 3. The highest BCUT2D eigenvalue weighted by Crippen LogP contribution is 2.22. The summed E-state index contributed by atoms with van der Waals surface area (Å²) in [5.74, 6) is 0. The molecule has 0 aliphatic carbocycles. The minimum Gasteiger partial charge on any atom is -0.314 e. The van der Waals surface area contributed by atoms with Crippen LogP contribution in [0.25, 0.3) is 0 Å². The number of piperazine rings is 1. The van der Waals surface area contributed by atoms with Gasteiger partial charge in [-0.25, -0.2) is 0 Å². The summed E-state index contributed by atoms with van der Waals surface area (Å²) in [4.78, 5) is 6.75. The molecule has 3 heteroatoms. The van der Waals surface area contributed by atoms with E-state index >= 15 is 0 Å². The molecule has 0 aromatic carbocycles. The van der Waals surface area contributed by atoms with Crippen molar-refractivity contribution in [1.29, 1.82) is 0 Å². The van der Waals surface area contributed by atoms with Crippen molar-refractivity contribution in [2.75, 3.05) is 19.6 Å². The van der Waals surface area contributed by atoms with Gasteiger partial charge < -0.3 is 5.32 Å². The Morgan fingerprint density at radius 2 is 2.44 bits per heavy atom. The molecule has 2 heterocycles. The minimum absolute atomic E-state index is 0.286. The van der Waals surface area contributed by atoms with E-state index in [2.05, 4.69) is 35.1 Å². The molecule has 0 radical (unpaired) electrons. The highest BCUT2D eigenvalue weighted by molar-refractivity contribution is 5.09. The van der Waals surface area contributed by atoms with Crippen LogP contribution in [0, 0.1) is 0 Å². The van der Waals surface area contributed by atoms with Gasteiger partial charge in [0.1, 0.15) is 0 Å². The molecule has 0 amide bonds. The molecule has 1 aromatic heterocycles. The Balaban J connectivity index is 2.07. The second-order valence-corrected chi connectivity index (χ2v) is 4.81. The highest BCUT2D eigenvalue weighted by atomic mass is 15.2. The third-order valence-electron chi connectivity index (χ3n) is 3.69. The molecule has 1 fully saturated rings. The molecule has 0 bridgehead atoms. The molecule has 3 nitrogen and oxygen atoms in total. The molecule has 88 valence electrons. The Kier molecular flexibility index (Phi) is 3.56. The summed E-state index contributed by atoms with van der Waals surface area (Å²) in [5, 5.41) is 3.48.